The van der Waals surface area contributed by atoms with E-state index in [2.05, 4.69) is 39.9 Å². The molecule has 0 saturated heterocycles. The van der Waals surface area contributed by atoms with Crippen molar-refractivity contribution in [2.75, 3.05) is 11.5 Å². The molecule has 0 unspecified atom stereocenters. The first-order valence-corrected chi connectivity index (χ1v) is 5.92. The molecule has 0 radical (unpaired) electrons. The Kier molecular flexibility index (Phi) is 9.70. The van der Waals surface area contributed by atoms with E-state index in [1.54, 1.807) is 0 Å². The number of fused-ring (bicyclic) bond motifs is 2. The molecule has 0 fully saturated rings. The Morgan fingerprint density at radius 1 is 0.731 bits per heavy atom. The van der Waals surface area contributed by atoms with Gasteiger partial charge in [-0.05, 0) is 0 Å². The molecule has 15 nitrogen and oxygen atoms in total. The highest BCUT2D eigenvalue weighted by molar-refractivity contribution is 14.0. The van der Waals surface area contributed by atoms with Crippen LogP contribution >= 0.6 is 24.0 Å². The summed E-state index contributed by atoms with van der Waals surface area (Å²) in [5.74, 6) is 0.157. The minimum atomic E-state index is -0.301. The smallest absolute Gasteiger partial charge is 0.278 e. The van der Waals surface area contributed by atoms with Gasteiger partial charge in [0, 0.05) is 0 Å². The third-order valence-electron chi connectivity index (χ3n) is 2.63. The monoisotopic (exact) mass is 484 g/mol. The number of hydrogen-bond donors (Lipinski definition) is 6. The molecule has 4 heterocycles. The molecule has 144 valence electrons. The fraction of sp³-hybridized carbons (Fsp3) is 0. The number of nitrogens with zero attached hydrogens (tertiary/aromatic N) is 4. The van der Waals surface area contributed by atoms with Gasteiger partial charge in [0.05, 0.1) is 12.7 Å². The second-order valence-electron chi connectivity index (χ2n) is 4.10. The highest BCUT2D eigenvalue weighted by Gasteiger charge is 2.02. The molecule has 0 aliphatic rings. The summed E-state index contributed by atoms with van der Waals surface area (Å²) in [6.45, 7) is 0. The topological polar surface area (TPSA) is 295 Å². The number of nitrogen functional groups attached to an aromatic ring is 2. The van der Waals surface area contributed by atoms with Gasteiger partial charge in [0.1, 0.15) is 0 Å². The van der Waals surface area contributed by atoms with E-state index >= 15 is 0 Å². The maximum Gasteiger partial charge on any atom is 0.278 e. The van der Waals surface area contributed by atoms with E-state index in [1.165, 1.54) is 12.7 Å². The Hall–Kier alpha value is -3.09. The summed E-state index contributed by atoms with van der Waals surface area (Å²) >= 11 is 0. The van der Waals surface area contributed by atoms with Gasteiger partial charge in [-0.2, -0.15) is 9.97 Å². The minimum Gasteiger partial charge on any atom is -0.412 e. The molecule has 0 spiro atoms. The van der Waals surface area contributed by atoms with E-state index in [1.807, 2.05) is 0 Å². The summed E-state index contributed by atoms with van der Waals surface area (Å²) in [5.41, 5.74) is 11.3. The number of aromatic nitrogens is 8. The van der Waals surface area contributed by atoms with Crippen LogP contribution in [0.5, 0.6) is 0 Å². The van der Waals surface area contributed by atoms with Gasteiger partial charge in [-0.3, -0.25) is 19.6 Å². The van der Waals surface area contributed by atoms with E-state index in [-0.39, 0.29) is 63.4 Å². The van der Waals surface area contributed by atoms with Gasteiger partial charge in [-0.25, -0.2) is 9.97 Å². The molecular formula is C10H17IN10O5. The highest BCUT2D eigenvalue weighted by atomic mass is 127. The van der Waals surface area contributed by atoms with Crippen molar-refractivity contribution >= 4 is 58.2 Å². The first kappa shape index (κ1) is 25.2. The molecule has 4 aromatic rings. The van der Waals surface area contributed by atoms with Crippen LogP contribution < -0.4 is 22.6 Å². The van der Waals surface area contributed by atoms with Gasteiger partial charge < -0.3 is 37.9 Å². The summed E-state index contributed by atoms with van der Waals surface area (Å²) in [5, 5.41) is 0. The average molecular weight is 484 g/mol. The molecule has 4 rings (SSSR count). The molecule has 16 heteroatoms. The van der Waals surface area contributed by atoms with Crippen LogP contribution in [0.4, 0.5) is 11.9 Å². The predicted molar refractivity (Wildman–Crippen MR) is 104 cm³/mol. The van der Waals surface area contributed by atoms with Crippen molar-refractivity contribution < 1.29 is 16.4 Å². The van der Waals surface area contributed by atoms with Gasteiger partial charge in [0.25, 0.3) is 11.1 Å². The summed E-state index contributed by atoms with van der Waals surface area (Å²) in [6, 6.07) is 0. The summed E-state index contributed by atoms with van der Waals surface area (Å²) < 4.78 is 0. The zero-order valence-electron chi connectivity index (χ0n) is 12.8. The lowest BCUT2D eigenvalue weighted by Gasteiger charge is -1.89. The third kappa shape index (κ3) is 4.95. The first-order chi connectivity index (χ1) is 10.5. The molecule has 26 heavy (non-hydrogen) atoms. The van der Waals surface area contributed by atoms with Crippen molar-refractivity contribution in [2.24, 2.45) is 0 Å². The maximum absolute atomic E-state index is 11.0. The second-order valence-corrected chi connectivity index (χ2v) is 4.10. The van der Waals surface area contributed by atoms with Crippen LogP contribution in [-0.4, -0.2) is 56.3 Å². The van der Waals surface area contributed by atoms with Crippen molar-refractivity contribution in [1.29, 1.82) is 0 Å². The van der Waals surface area contributed by atoms with Crippen molar-refractivity contribution in [3.63, 3.8) is 0 Å². The molecule has 0 amide bonds. The third-order valence-corrected chi connectivity index (χ3v) is 2.63. The molecule has 0 atom stereocenters. The molecule has 14 N–H and O–H groups in total. The van der Waals surface area contributed by atoms with Crippen LogP contribution in [0, 0.1) is 0 Å². The van der Waals surface area contributed by atoms with Crippen molar-refractivity contribution in [1.82, 2.24) is 39.9 Å². The van der Waals surface area contributed by atoms with Gasteiger partial charge in [0.2, 0.25) is 11.9 Å². The Morgan fingerprint density at radius 2 is 1.08 bits per heavy atom. The van der Waals surface area contributed by atoms with Crippen LogP contribution in [0.3, 0.4) is 0 Å². The lowest BCUT2D eigenvalue weighted by atomic mass is 10.5. The lowest BCUT2D eigenvalue weighted by Crippen LogP contribution is -2.10. The Labute approximate surface area is 159 Å². The van der Waals surface area contributed by atoms with E-state index in [4.69, 9.17) is 11.5 Å². The van der Waals surface area contributed by atoms with Crippen LogP contribution in [0.15, 0.2) is 22.2 Å². The highest BCUT2D eigenvalue weighted by Crippen LogP contribution is 1.99. The number of aromatic amines is 4. The Balaban J connectivity index is 0. The maximum atomic E-state index is 11.0. The number of H-pyrrole nitrogens is 4. The number of nitrogens with two attached hydrogens (primary N) is 2. The molecule has 0 aliphatic heterocycles. The van der Waals surface area contributed by atoms with Crippen molar-refractivity contribution in [3.8, 4) is 0 Å². The Morgan fingerprint density at radius 3 is 1.42 bits per heavy atom. The standard InChI is InChI=1S/2C5H5N5O.HI.3H2O/c2*6-5-9-3-2(4(11)10-5)7-1-8-3;;;;/h2*1H,(H4,6,7,8,9,10,11);1H;3*1H2. The molecular weight excluding hydrogens is 467 g/mol. The quantitative estimate of drug-likeness (QED) is 0.136. The van der Waals surface area contributed by atoms with E-state index in [0.717, 1.165) is 0 Å². The number of anilines is 2. The summed E-state index contributed by atoms with van der Waals surface area (Å²) in [7, 11) is 0. The number of hydrogen-bond acceptors (Lipinski definition) is 8. The van der Waals surface area contributed by atoms with E-state index < -0.39 is 0 Å². The van der Waals surface area contributed by atoms with Crippen molar-refractivity contribution in [2.45, 2.75) is 0 Å². The number of halogens is 1. The SMILES string of the molecule is I.Nc1nc2nc[nH]c2c(=O)[nH]1.Nc1nc2nc[nH]c2c(=O)[nH]1.O.O.O. The first-order valence-electron chi connectivity index (χ1n) is 5.92. The van der Waals surface area contributed by atoms with Gasteiger partial charge in [-0.1, -0.05) is 0 Å². The largest absolute Gasteiger partial charge is 0.412 e. The zero-order valence-corrected chi connectivity index (χ0v) is 15.2. The molecule has 0 aliphatic carbocycles. The van der Waals surface area contributed by atoms with Gasteiger partial charge in [0.15, 0.2) is 22.3 Å². The Bertz CT molecular complexity index is 983. The fourth-order valence-corrected chi connectivity index (χ4v) is 1.72. The predicted octanol–water partition coefficient (Wildman–Crippen LogP) is -3.40. The summed E-state index contributed by atoms with van der Waals surface area (Å²) in [4.78, 5) is 47.1. The fourth-order valence-electron chi connectivity index (χ4n) is 1.72. The normalized spacial score (nSPS) is 8.92. The van der Waals surface area contributed by atoms with Crippen LogP contribution in [0.25, 0.3) is 22.3 Å². The van der Waals surface area contributed by atoms with Crippen LogP contribution in [0.2, 0.25) is 0 Å². The zero-order chi connectivity index (χ0) is 15.7. The van der Waals surface area contributed by atoms with Crippen LogP contribution in [-0.2, 0) is 0 Å². The molecule has 0 saturated carbocycles. The summed E-state index contributed by atoms with van der Waals surface area (Å²) in [6.07, 6.45) is 2.79. The number of nitrogens with one attached hydrogen (secondary N) is 4. The second kappa shape index (κ2) is 10.0. The lowest BCUT2D eigenvalue weighted by molar-refractivity contribution is 0.823. The molecule has 4 aromatic heterocycles. The average Bonchev–Trinajstić information content (AvgIpc) is 3.07. The number of rotatable bonds is 0. The molecule has 0 bridgehead atoms. The van der Waals surface area contributed by atoms with E-state index in [9.17, 15) is 9.59 Å². The van der Waals surface area contributed by atoms with Gasteiger partial charge in [-0.15, -0.1) is 24.0 Å². The number of imidazole rings is 2. The minimum absolute atomic E-state index is 0. The van der Waals surface area contributed by atoms with E-state index in [0.29, 0.717) is 22.3 Å². The van der Waals surface area contributed by atoms with Gasteiger partial charge >= 0.3 is 0 Å². The van der Waals surface area contributed by atoms with Crippen molar-refractivity contribution in [3.05, 3.63) is 33.4 Å². The molecule has 0 aromatic carbocycles. The van der Waals surface area contributed by atoms with Crippen LogP contribution in [0.1, 0.15) is 0 Å².